The number of carbonyl (C=O) groups is 1. The summed E-state index contributed by atoms with van der Waals surface area (Å²) in [7, 11) is 0. The number of ether oxygens (including phenoxy) is 3. The fraction of sp³-hybridized carbons (Fsp3) is 0.632. The molecule has 146 valence electrons. The Balaban J connectivity index is 1.76. The molecule has 0 aliphatic carbocycles. The van der Waals surface area contributed by atoms with Gasteiger partial charge in [0.25, 0.3) is 0 Å². The van der Waals surface area contributed by atoms with Gasteiger partial charge in [-0.25, -0.2) is 4.79 Å². The first kappa shape index (κ1) is 20.3. The predicted octanol–water partition coefficient (Wildman–Crippen LogP) is 2.10. The molecule has 2 N–H and O–H groups in total. The average molecular weight is 365 g/mol. The highest BCUT2D eigenvalue weighted by Crippen LogP contribution is 2.21. The molecule has 0 bridgehead atoms. The molecule has 7 heteroatoms. The van der Waals surface area contributed by atoms with E-state index in [1.165, 1.54) is 0 Å². The van der Waals surface area contributed by atoms with E-state index >= 15 is 0 Å². The van der Waals surface area contributed by atoms with Gasteiger partial charge >= 0.3 is 6.09 Å². The fourth-order valence-corrected chi connectivity index (χ4v) is 2.63. The van der Waals surface area contributed by atoms with Crippen molar-refractivity contribution < 1.29 is 19.0 Å². The van der Waals surface area contributed by atoms with Crippen LogP contribution >= 0.6 is 0 Å². The molecular formula is C19H31N3O4. The Labute approximate surface area is 156 Å². The number of benzene rings is 1. The first-order valence-electron chi connectivity index (χ1n) is 9.12. The Morgan fingerprint density at radius 1 is 1.04 bits per heavy atom. The van der Waals surface area contributed by atoms with E-state index in [1.807, 2.05) is 45.0 Å². The first-order valence-corrected chi connectivity index (χ1v) is 9.12. The molecule has 0 saturated carbocycles. The Morgan fingerprint density at radius 3 is 2.27 bits per heavy atom. The minimum Gasteiger partial charge on any atom is -0.491 e. The smallest absolute Gasteiger partial charge is 0.410 e. The van der Waals surface area contributed by atoms with Crippen LogP contribution in [0.1, 0.15) is 20.8 Å². The number of carbonyl (C=O) groups excluding carboxylic acids is 1. The SMILES string of the molecule is CC(C)(C)OC(=O)N1CCN(c2ccc(OCCOCCN)cc2)CC1. The van der Waals surface area contributed by atoms with Gasteiger partial charge in [-0.15, -0.1) is 0 Å². The zero-order valence-corrected chi connectivity index (χ0v) is 16.1. The fourth-order valence-electron chi connectivity index (χ4n) is 2.63. The molecule has 26 heavy (non-hydrogen) atoms. The number of rotatable bonds is 7. The van der Waals surface area contributed by atoms with Crippen LogP contribution in [-0.2, 0) is 9.47 Å². The van der Waals surface area contributed by atoms with E-state index in [0.717, 1.165) is 24.5 Å². The highest BCUT2D eigenvalue weighted by Gasteiger charge is 2.25. The van der Waals surface area contributed by atoms with Gasteiger partial charge in [0.05, 0.1) is 13.2 Å². The third-order valence-electron chi connectivity index (χ3n) is 3.89. The van der Waals surface area contributed by atoms with Crippen molar-refractivity contribution in [2.75, 3.05) is 57.4 Å². The van der Waals surface area contributed by atoms with Crippen LogP contribution in [0.3, 0.4) is 0 Å². The Kier molecular flexibility index (Phi) is 7.53. The monoisotopic (exact) mass is 365 g/mol. The number of amides is 1. The molecule has 0 radical (unpaired) electrons. The minimum atomic E-state index is -0.459. The van der Waals surface area contributed by atoms with Crippen LogP contribution in [0.15, 0.2) is 24.3 Å². The van der Waals surface area contributed by atoms with Gasteiger partial charge in [-0.3, -0.25) is 0 Å². The summed E-state index contributed by atoms with van der Waals surface area (Å²) >= 11 is 0. The lowest BCUT2D eigenvalue weighted by molar-refractivity contribution is 0.0240. The predicted molar refractivity (Wildman–Crippen MR) is 102 cm³/mol. The first-order chi connectivity index (χ1) is 12.4. The molecule has 1 saturated heterocycles. The highest BCUT2D eigenvalue weighted by atomic mass is 16.6. The Bertz CT molecular complexity index is 549. The van der Waals surface area contributed by atoms with Gasteiger partial charge in [-0.05, 0) is 45.0 Å². The lowest BCUT2D eigenvalue weighted by Gasteiger charge is -2.36. The molecule has 7 nitrogen and oxygen atoms in total. The second-order valence-corrected chi connectivity index (χ2v) is 7.20. The van der Waals surface area contributed by atoms with Gasteiger partial charge in [0.2, 0.25) is 0 Å². The lowest BCUT2D eigenvalue weighted by atomic mass is 10.2. The summed E-state index contributed by atoms with van der Waals surface area (Å²) < 4.78 is 16.3. The summed E-state index contributed by atoms with van der Waals surface area (Å²) in [6.07, 6.45) is -0.238. The summed E-state index contributed by atoms with van der Waals surface area (Å²) in [5.41, 5.74) is 6.03. The molecule has 0 aromatic heterocycles. The van der Waals surface area contributed by atoms with Gasteiger partial charge in [0.1, 0.15) is 18.0 Å². The summed E-state index contributed by atoms with van der Waals surface area (Å²) in [4.78, 5) is 16.1. The molecule has 0 unspecified atom stereocenters. The number of nitrogens with zero attached hydrogens (tertiary/aromatic N) is 2. The van der Waals surface area contributed by atoms with E-state index in [-0.39, 0.29) is 6.09 Å². The van der Waals surface area contributed by atoms with Crippen molar-refractivity contribution >= 4 is 11.8 Å². The Morgan fingerprint density at radius 2 is 1.69 bits per heavy atom. The van der Waals surface area contributed by atoms with Crippen molar-refractivity contribution in [3.8, 4) is 5.75 Å². The van der Waals surface area contributed by atoms with Crippen LogP contribution < -0.4 is 15.4 Å². The second-order valence-electron chi connectivity index (χ2n) is 7.20. The van der Waals surface area contributed by atoms with E-state index in [2.05, 4.69) is 4.90 Å². The summed E-state index contributed by atoms with van der Waals surface area (Å²) in [6, 6.07) is 8.00. The van der Waals surface area contributed by atoms with Gasteiger partial charge in [0, 0.05) is 38.4 Å². The third kappa shape index (κ3) is 6.72. The molecular weight excluding hydrogens is 334 g/mol. The normalized spacial score (nSPS) is 15.1. The molecule has 0 spiro atoms. The van der Waals surface area contributed by atoms with Gasteiger partial charge < -0.3 is 29.7 Å². The van der Waals surface area contributed by atoms with Crippen LogP contribution in [0.2, 0.25) is 0 Å². The van der Waals surface area contributed by atoms with Gasteiger partial charge in [0.15, 0.2) is 0 Å². The topological polar surface area (TPSA) is 77.3 Å². The molecule has 1 fully saturated rings. The largest absolute Gasteiger partial charge is 0.491 e. The number of hydrogen-bond donors (Lipinski definition) is 1. The van der Waals surface area contributed by atoms with E-state index in [1.54, 1.807) is 4.90 Å². The molecule has 0 atom stereocenters. The quantitative estimate of drug-likeness (QED) is 0.746. The van der Waals surface area contributed by atoms with Crippen molar-refractivity contribution in [2.24, 2.45) is 5.73 Å². The van der Waals surface area contributed by atoms with Crippen molar-refractivity contribution in [1.29, 1.82) is 0 Å². The molecule has 2 rings (SSSR count). The molecule has 1 amide bonds. The average Bonchev–Trinajstić information content (AvgIpc) is 2.61. The van der Waals surface area contributed by atoms with Gasteiger partial charge in [-0.2, -0.15) is 0 Å². The van der Waals surface area contributed by atoms with Crippen LogP contribution in [0, 0.1) is 0 Å². The van der Waals surface area contributed by atoms with Crippen molar-refractivity contribution in [2.45, 2.75) is 26.4 Å². The van der Waals surface area contributed by atoms with Crippen LogP contribution in [0.4, 0.5) is 10.5 Å². The summed E-state index contributed by atoms with van der Waals surface area (Å²) in [6.45, 7) is 10.7. The van der Waals surface area contributed by atoms with E-state index in [9.17, 15) is 4.79 Å². The van der Waals surface area contributed by atoms with Crippen molar-refractivity contribution in [3.05, 3.63) is 24.3 Å². The number of anilines is 1. The van der Waals surface area contributed by atoms with Crippen LogP contribution in [-0.4, -0.2) is 69.1 Å². The Hall–Kier alpha value is -1.99. The number of hydrogen-bond acceptors (Lipinski definition) is 6. The highest BCUT2D eigenvalue weighted by molar-refractivity contribution is 5.68. The molecule has 1 heterocycles. The molecule has 1 aliphatic rings. The summed E-state index contributed by atoms with van der Waals surface area (Å²) in [5.74, 6) is 0.817. The van der Waals surface area contributed by atoms with Crippen LogP contribution in [0.5, 0.6) is 5.75 Å². The third-order valence-corrected chi connectivity index (χ3v) is 3.89. The maximum Gasteiger partial charge on any atom is 0.410 e. The van der Waals surface area contributed by atoms with E-state index < -0.39 is 5.60 Å². The van der Waals surface area contributed by atoms with Crippen molar-refractivity contribution in [3.63, 3.8) is 0 Å². The minimum absolute atomic E-state index is 0.238. The molecule has 1 aromatic rings. The molecule has 1 aromatic carbocycles. The lowest BCUT2D eigenvalue weighted by Crippen LogP contribution is -2.50. The molecule has 1 aliphatic heterocycles. The van der Waals surface area contributed by atoms with E-state index in [0.29, 0.717) is 39.5 Å². The van der Waals surface area contributed by atoms with Crippen molar-refractivity contribution in [1.82, 2.24) is 4.90 Å². The zero-order valence-electron chi connectivity index (χ0n) is 16.1. The number of nitrogens with two attached hydrogens (primary N) is 1. The maximum atomic E-state index is 12.1. The number of piperazine rings is 1. The maximum absolute atomic E-state index is 12.1. The standard InChI is InChI=1S/C19H31N3O4/c1-19(2,3)26-18(23)22-11-9-21(10-12-22)16-4-6-17(7-5-16)25-15-14-24-13-8-20/h4-7H,8-15,20H2,1-3H3. The zero-order chi connectivity index (χ0) is 19.0. The second kappa shape index (κ2) is 9.64. The van der Waals surface area contributed by atoms with Gasteiger partial charge in [-0.1, -0.05) is 0 Å². The summed E-state index contributed by atoms with van der Waals surface area (Å²) in [5, 5.41) is 0. The van der Waals surface area contributed by atoms with Crippen LogP contribution in [0.25, 0.3) is 0 Å². The van der Waals surface area contributed by atoms with E-state index in [4.69, 9.17) is 19.9 Å².